The predicted octanol–water partition coefficient (Wildman–Crippen LogP) is 4.62. The SMILES string of the molecule is OC(c1cc(Cl)cc(Cl)c1)c1cccc2ccncc12. The molecule has 0 spiro atoms. The Morgan fingerprint density at radius 3 is 2.50 bits per heavy atom. The van der Waals surface area contributed by atoms with Crippen LogP contribution >= 0.6 is 23.2 Å². The number of pyridine rings is 1. The molecule has 1 aromatic heterocycles. The van der Waals surface area contributed by atoms with Gasteiger partial charge in [-0.1, -0.05) is 41.4 Å². The van der Waals surface area contributed by atoms with Crippen LogP contribution in [0.2, 0.25) is 10.0 Å². The molecule has 3 aromatic rings. The summed E-state index contributed by atoms with van der Waals surface area (Å²) in [5.41, 5.74) is 1.45. The Morgan fingerprint density at radius 2 is 1.75 bits per heavy atom. The van der Waals surface area contributed by atoms with Crippen molar-refractivity contribution in [3.05, 3.63) is 76.0 Å². The zero-order chi connectivity index (χ0) is 14.1. The quantitative estimate of drug-likeness (QED) is 0.749. The number of benzene rings is 2. The Hall–Kier alpha value is -1.61. The van der Waals surface area contributed by atoms with Crippen molar-refractivity contribution in [1.29, 1.82) is 0 Å². The van der Waals surface area contributed by atoms with Crippen LogP contribution in [0, 0.1) is 0 Å². The molecule has 2 nitrogen and oxygen atoms in total. The highest BCUT2D eigenvalue weighted by molar-refractivity contribution is 6.34. The van der Waals surface area contributed by atoms with Gasteiger partial charge in [-0.3, -0.25) is 4.98 Å². The van der Waals surface area contributed by atoms with E-state index in [0.717, 1.165) is 16.3 Å². The first kappa shape index (κ1) is 13.4. The molecule has 1 atom stereocenters. The van der Waals surface area contributed by atoms with E-state index in [1.54, 1.807) is 30.6 Å². The average molecular weight is 304 g/mol. The first-order chi connectivity index (χ1) is 9.65. The van der Waals surface area contributed by atoms with Crippen molar-refractivity contribution < 1.29 is 5.11 Å². The van der Waals surface area contributed by atoms with Crippen molar-refractivity contribution in [1.82, 2.24) is 4.98 Å². The molecule has 4 heteroatoms. The number of nitrogens with zero attached hydrogens (tertiary/aromatic N) is 1. The molecular formula is C16H11Cl2NO. The highest BCUT2D eigenvalue weighted by Gasteiger charge is 2.14. The summed E-state index contributed by atoms with van der Waals surface area (Å²) in [7, 11) is 0. The summed E-state index contributed by atoms with van der Waals surface area (Å²) < 4.78 is 0. The Kier molecular flexibility index (Phi) is 3.62. The van der Waals surface area contributed by atoms with Crippen molar-refractivity contribution in [2.24, 2.45) is 0 Å². The first-order valence-electron chi connectivity index (χ1n) is 6.12. The Labute approximate surface area is 126 Å². The third-order valence-corrected chi connectivity index (χ3v) is 3.65. The van der Waals surface area contributed by atoms with E-state index in [9.17, 15) is 5.11 Å². The lowest BCUT2D eigenvalue weighted by molar-refractivity contribution is 0.222. The predicted molar refractivity (Wildman–Crippen MR) is 82.3 cm³/mol. The van der Waals surface area contributed by atoms with Crippen molar-refractivity contribution in [2.75, 3.05) is 0 Å². The second-order valence-electron chi connectivity index (χ2n) is 4.55. The monoisotopic (exact) mass is 303 g/mol. The largest absolute Gasteiger partial charge is 0.384 e. The van der Waals surface area contributed by atoms with Crippen LogP contribution in [-0.2, 0) is 0 Å². The summed E-state index contributed by atoms with van der Waals surface area (Å²) in [6, 6.07) is 12.8. The molecule has 0 fully saturated rings. The van der Waals surface area contributed by atoms with Gasteiger partial charge in [0, 0.05) is 27.8 Å². The molecule has 3 rings (SSSR count). The molecule has 0 amide bonds. The summed E-state index contributed by atoms with van der Waals surface area (Å²) in [5.74, 6) is 0. The van der Waals surface area contributed by atoms with E-state index in [1.807, 2.05) is 24.3 Å². The van der Waals surface area contributed by atoms with E-state index in [0.29, 0.717) is 15.6 Å². The average Bonchev–Trinajstić information content (AvgIpc) is 2.45. The third-order valence-electron chi connectivity index (χ3n) is 3.21. The molecule has 20 heavy (non-hydrogen) atoms. The zero-order valence-corrected chi connectivity index (χ0v) is 11.9. The maximum atomic E-state index is 10.6. The van der Waals surface area contributed by atoms with E-state index in [2.05, 4.69) is 4.98 Å². The Morgan fingerprint density at radius 1 is 1.00 bits per heavy atom. The van der Waals surface area contributed by atoms with Crippen molar-refractivity contribution in [2.45, 2.75) is 6.10 Å². The maximum absolute atomic E-state index is 10.6. The van der Waals surface area contributed by atoms with Gasteiger partial charge in [-0.05, 0) is 40.8 Å². The molecule has 100 valence electrons. The normalized spacial score (nSPS) is 12.6. The molecule has 2 aromatic carbocycles. The van der Waals surface area contributed by atoms with E-state index < -0.39 is 6.10 Å². The summed E-state index contributed by atoms with van der Waals surface area (Å²) in [6.07, 6.45) is 2.69. The molecule has 0 saturated heterocycles. The Balaban J connectivity index is 2.15. The van der Waals surface area contributed by atoms with Gasteiger partial charge >= 0.3 is 0 Å². The van der Waals surface area contributed by atoms with Crippen LogP contribution in [-0.4, -0.2) is 10.1 Å². The molecule has 0 aliphatic carbocycles. The molecule has 1 unspecified atom stereocenters. The van der Waals surface area contributed by atoms with Crippen LogP contribution in [0.4, 0.5) is 0 Å². The first-order valence-corrected chi connectivity index (χ1v) is 6.87. The van der Waals surface area contributed by atoms with Crippen molar-refractivity contribution >= 4 is 34.0 Å². The van der Waals surface area contributed by atoms with Gasteiger partial charge < -0.3 is 5.11 Å². The van der Waals surface area contributed by atoms with Crippen molar-refractivity contribution in [3.63, 3.8) is 0 Å². The third kappa shape index (κ3) is 2.50. The molecule has 0 radical (unpaired) electrons. The van der Waals surface area contributed by atoms with Crippen LogP contribution < -0.4 is 0 Å². The standard InChI is InChI=1S/C16H11Cl2NO/c17-12-6-11(7-13(18)8-12)16(20)14-3-1-2-10-4-5-19-9-15(10)14/h1-9,16,20H. The summed E-state index contributed by atoms with van der Waals surface area (Å²) in [5, 5.41) is 13.6. The molecule has 0 aliphatic heterocycles. The number of halogens is 2. The molecule has 0 saturated carbocycles. The van der Waals surface area contributed by atoms with Gasteiger partial charge in [0.25, 0.3) is 0 Å². The van der Waals surface area contributed by atoms with Crippen LogP contribution in [0.15, 0.2) is 54.9 Å². The number of aliphatic hydroxyl groups excluding tert-OH is 1. The topological polar surface area (TPSA) is 33.1 Å². The minimum Gasteiger partial charge on any atom is -0.384 e. The number of aliphatic hydroxyl groups is 1. The lowest BCUT2D eigenvalue weighted by atomic mass is 9.97. The number of hydrogen-bond acceptors (Lipinski definition) is 2. The smallest absolute Gasteiger partial charge is 0.105 e. The Bertz CT molecular complexity index is 748. The lowest BCUT2D eigenvalue weighted by Crippen LogP contribution is -2.01. The number of fused-ring (bicyclic) bond motifs is 1. The maximum Gasteiger partial charge on any atom is 0.105 e. The number of aromatic nitrogens is 1. The summed E-state index contributed by atoms with van der Waals surface area (Å²) in [4.78, 5) is 4.12. The summed E-state index contributed by atoms with van der Waals surface area (Å²) >= 11 is 12.0. The molecule has 0 aliphatic rings. The van der Waals surface area contributed by atoms with Gasteiger partial charge in [-0.15, -0.1) is 0 Å². The van der Waals surface area contributed by atoms with E-state index in [4.69, 9.17) is 23.2 Å². The lowest BCUT2D eigenvalue weighted by Gasteiger charge is -2.14. The van der Waals surface area contributed by atoms with Crippen LogP contribution in [0.5, 0.6) is 0 Å². The molecular weight excluding hydrogens is 293 g/mol. The van der Waals surface area contributed by atoms with Gasteiger partial charge in [0.2, 0.25) is 0 Å². The molecule has 1 heterocycles. The van der Waals surface area contributed by atoms with Gasteiger partial charge in [0.1, 0.15) is 6.10 Å². The fourth-order valence-electron chi connectivity index (χ4n) is 2.29. The minimum absolute atomic E-state index is 0.505. The van der Waals surface area contributed by atoms with E-state index in [1.165, 1.54) is 0 Å². The molecule has 1 N–H and O–H groups in total. The van der Waals surface area contributed by atoms with Gasteiger partial charge in [0.05, 0.1) is 0 Å². The second-order valence-corrected chi connectivity index (χ2v) is 5.42. The van der Waals surface area contributed by atoms with Crippen molar-refractivity contribution in [3.8, 4) is 0 Å². The fourth-order valence-corrected chi connectivity index (χ4v) is 2.83. The minimum atomic E-state index is -0.793. The van der Waals surface area contributed by atoms with Gasteiger partial charge in [0.15, 0.2) is 0 Å². The van der Waals surface area contributed by atoms with E-state index in [-0.39, 0.29) is 0 Å². The zero-order valence-electron chi connectivity index (χ0n) is 10.4. The van der Waals surface area contributed by atoms with E-state index >= 15 is 0 Å². The number of rotatable bonds is 2. The highest BCUT2D eigenvalue weighted by atomic mass is 35.5. The van der Waals surface area contributed by atoms with Gasteiger partial charge in [-0.25, -0.2) is 0 Å². The fraction of sp³-hybridized carbons (Fsp3) is 0.0625. The van der Waals surface area contributed by atoms with Crippen LogP contribution in [0.1, 0.15) is 17.2 Å². The second kappa shape index (κ2) is 5.41. The van der Waals surface area contributed by atoms with Crippen LogP contribution in [0.25, 0.3) is 10.8 Å². The van der Waals surface area contributed by atoms with Gasteiger partial charge in [-0.2, -0.15) is 0 Å². The number of hydrogen-bond donors (Lipinski definition) is 1. The molecule has 0 bridgehead atoms. The summed E-state index contributed by atoms with van der Waals surface area (Å²) in [6.45, 7) is 0. The van der Waals surface area contributed by atoms with Crippen LogP contribution in [0.3, 0.4) is 0 Å². The highest BCUT2D eigenvalue weighted by Crippen LogP contribution is 2.31.